The molecule has 3 atom stereocenters. The lowest BCUT2D eigenvalue weighted by molar-refractivity contribution is -0.245. The molecule has 0 saturated carbocycles. The zero-order valence-electron chi connectivity index (χ0n) is 26.9. The maximum atomic E-state index is 12.1. The number of nitrogens with zero attached hydrogens (tertiary/aromatic N) is 1. The van der Waals surface area contributed by atoms with Crippen molar-refractivity contribution >= 4 is 23.6 Å². The van der Waals surface area contributed by atoms with Gasteiger partial charge < -0.3 is 29.4 Å². The van der Waals surface area contributed by atoms with Gasteiger partial charge in [0.05, 0.1) is 18.8 Å². The predicted molar refractivity (Wildman–Crippen MR) is 186 cm³/mol. The van der Waals surface area contributed by atoms with Gasteiger partial charge in [-0.15, -0.1) is 0 Å². The van der Waals surface area contributed by atoms with Gasteiger partial charge in [0.1, 0.15) is 5.69 Å². The summed E-state index contributed by atoms with van der Waals surface area (Å²) in [5.41, 5.74) is 6.30. The van der Waals surface area contributed by atoms with E-state index in [1.807, 2.05) is 109 Å². The van der Waals surface area contributed by atoms with Crippen LogP contribution in [0.4, 0.5) is 0 Å². The number of carboxylic acids is 1. The van der Waals surface area contributed by atoms with Crippen LogP contribution in [0.2, 0.25) is 0 Å². The van der Waals surface area contributed by atoms with E-state index in [1.165, 1.54) is 11.8 Å². The molecule has 1 amide bonds. The Bertz CT molecular complexity index is 1760. The fraction of sp³-hybridized carbons (Fsp3) is 0.256. The molecule has 10 heteroatoms. The van der Waals surface area contributed by atoms with Crippen molar-refractivity contribution in [2.24, 2.45) is 0 Å². The summed E-state index contributed by atoms with van der Waals surface area (Å²) in [7, 11) is 0. The van der Waals surface area contributed by atoms with E-state index in [9.17, 15) is 14.7 Å². The molecule has 1 aliphatic rings. The zero-order chi connectivity index (χ0) is 34.0. The minimum Gasteiger partial charge on any atom is -0.481 e. The minimum absolute atomic E-state index is 0.0297. The Morgan fingerprint density at radius 3 is 2.12 bits per heavy atom. The number of rotatable bonds is 14. The summed E-state index contributed by atoms with van der Waals surface area (Å²) in [6, 6.07) is 35.5. The molecule has 1 saturated heterocycles. The topological polar surface area (TPSA) is 131 Å². The highest BCUT2D eigenvalue weighted by Crippen LogP contribution is 2.41. The summed E-state index contributed by atoms with van der Waals surface area (Å²) in [6.45, 7) is 0.307. The third-order valence-corrected chi connectivity index (χ3v) is 9.19. The van der Waals surface area contributed by atoms with Crippen LogP contribution in [0.1, 0.15) is 60.3 Å². The first-order valence-electron chi connectivity index (χ1n) is 16.3. The number of aliphatic hydroxyl groups excluding tert-OH is 1. The second-order valence-electron chi connectivity index (χ2n) is 11.8. The number of carbonyl (C=O) groups excluding carboxylic acids is 1. The molecule has 6 rings (SSSR count). The predicted octanol–water partition coefficient (Wildman–Crippen LogP) is 7.71. The van der Waals surface area contributed by atoms with Crippen molar-refractivity contribution in [3.63, 3.8) is 0 Å². The number of ether oxygens (including phenoxy) is 2. The molecule has 4 aromatic carbocycles. The Morgan fingerprint density at radius 2 is 1.45 bits per heavy atom. The lowest BCUT2D eigenvalue weighted by Crippen LogP contribution is -2.31. The standard InChI is InChI=1S/C39H38N2O7S/c42-24-27-16-18-28(19-17-27)33-22-32(46-38(47-33)31-20-14-26(15-21-31)23-40-34(43)12-7-13-35(44)45)25-49-39-41-36(29-8-3-1-4-9-29)37(48-39)30-10-5-2-6-11-30/h1-6,8-11,14-21,32-33,38,42H,7,12-13,22-25H2,(H,40,43)(H,44,45). The summed E-state index contributed by atoms with van der Waals surface area (Å²) in [5.74, 6) is 0.212. The van der Waals surface area contributed by atoms with E-state index < -0.39 is 12.3 Å². The average Bonchev–Trinajstić information content (AvgIpc) is 3.58. The number of amides is 1. The van der Waals surface area contributed by atoms with E-state index in [4.69, 9.17) is 24.0 Å². The van der Waals surface area contributed by atoms with E-state index in [2.05, 4.69) is 5.32 Å². The molecule has 49 heavy (non-hydrogen) atoms. The number of oxazole rings is 1. The van der Waals surface area contributed by atoms with Gasteiger partial charge in [-0.2, -0.15) is 0 Å². The number of hydrogen-bond donors (Lipinski definition) is 3. The molecular formula is C39H38N2O7S. The number of thioether (sulfide) groups is 1. The van der Waals surface area contributed by atoms with Gasteiger partial charge in [-0.05, 0) is 23.1 Å². The van der Waals surface area contributed by atoms with Gasteiger partial charge in [-0.3, -0.25) is 9.59 Å². The fourth-order valence-corrected chi connectivity index (χ4v) is 6.45. The second-order valence-corrected chi connectivity index (χ2v) is 12.8. The van der Waals surface area contributed by atoms with E-state index >= 15 is 0 Å². The second kappa shape index (κ2) is 16.6. The Balaban J connectivity index is 1.17. The van der Waals surface area contributed by atoms with Crippen LogP contribution in [-0.4, -0.2) is 38.9 Å². The molecule has 9 nitrogen and oxygen atoms in total. The maximum Gasteiger partial charge on any atom is 0.303 e. The van der Waals surface area contributed by atoms with E-state index in [0.717, 1.165) is 44.8 Å². The number of aromatic nitrogens is 1. The van der Waals surface area contributed by atoms with Gasteiger partial charge in [0, 0.05) is 48.3 Å². The molecule has 5 aromatic rings. The first-order valence-corrected chi connectivity index (χ1v) is 17.3. The van der Waals surface area contributed by atoms with Crippen LogP contribution in [0.25, 0.3) is 22.6 Å². The van der Waals surface area contributed by atoms with Crippen LogP contribution < -0.4 is 5.32 Å². The van der Waals surface area contributed by atoms with Crippen molar-refractivity contribution in [2.45, 2.75) is 62.6 Å². The average molecular weight is 679 g/mol. The Morgan fingerprint density at radius 1 is 0.796 bits per heavy atom. The van der Waals surface area contributed by atoms with Crippen LogP contribution in [0, 0.1) is 0 Å². The van der Waals surface area contributed by atoms with Crippen molar-refractivity contribution in [2.75, 3.05) is 5.75 Å². The summed E-state index contributed by atoms with van der Waals surface area (Å²) in [6.07, 6.45) is -0.00978. The molecule has 1 aliphatic heterocycles. The lowest BCUT2D eigenvalue weighted by atomic mass is 10.0. The lowest BCUT2D eigenvalue weighted by Gasteiger charge is -2.36. The molecule has 0 spiro atoms. The van der Waals surface area contributed by atoms with Gasteiger partial charge in [0.25, 0.3) is 5.22 Å². The smallest absolute Gasteiger partial charge is 0.303 e. The van der Waals surface area contributed by atoms with Crippen molar-refractivity contribution in [1.29, 1.82) is 0 Å². The van der Waals surface area contributed by atoms with Crippen LogP contribution in [0.15, 0.2) is 119 Å². The first kappa shape index (κ1) is 34.1. The molecule has 252 valence electrons. The number of aliphatic carboxylic acids is 1. The molecule has 1 fully saturated rings. The number of hydrogen-bond acceptors (Lipinski definition) is 8. The third-order valence-electron chi connectivity index (χ3n) is 8.23. The highest BCUT2D eigenvalue weighted by molar-refractivity contribution is 7.99. The van der Waals surface area contributed by atoms with Crippen LogP contribution in [0.5, 0.6) is 0 Å². The first-order chi connectivity index (χ1) is 23.9. The Labute approximate surface area is 289 Å². The van der Waals surface area contributed by atoms with Gasteiger partial charge in [-0.25, -0.2) is 4.98 Å². The van der Waals surface area contributed by atoms with E-state index in [-0.39, 0.29) is 37.6 Å². The van der Waals surface area contributed by atoms with E-state index in [0.29, 0.717) is 30.4 Å². The number of aliphatic hydroxyl groups is 1. The van der Waals surface area contributed by atoms with E-state index in [1.54, 1.807) is 0 Å². The normalized spacial score (nSPS) is 17.4. The summed E-state index contributed by atoms with van der Waals surface area (Å²) >= 11 is 1.51. The van der Waals surface area contributed by atoms with Crippen LogP contribution in [-0.2, 0) is 32.2 Å². The van der Waals surface area contributed by atoms with Crippen molar-refractivity contribution < 1.29 is 33.7 Å². The Hall–Kier alpha value is -4.74. The highest BCUT2D eigenvalue weighted by Gasteiger charge is 2.33. The zero-order valence-corrected chi connectivity index (χ0v) is 27.7. The molecule has 0 aliphatic carbocycles. The molecule has 1 aromatic heterocycles. The van der Waals surface area contributed by atoms with Gasteiger partial charge in [0.15, 0.2) is 12.1 Å². The molecule has 2 heterocycles. The highest BCUT2D eigenvalue weighted by atomic mass is 32.2. The number of benzene rings is 4. The summed E-state index contributed by atoms with van der Waals surface area (Å²) in [4.78, 5) is 27.7. The minimum atomic E-state index is -0.909. The number of carbonyl (C=O) groups is 2. The third kappa shape index (κ3) is 9.24. The van der Waals surface area contributed by atoms with Crippen LogP contribution >= 0.6 is 11.8 Å². The summed E-state index contributed by atoms with van der Waals surface area (Å²) in [5, 5.41) is 21.7. The van der Waals surface area contributed by atoms with Gasteiger partial charge in [-0.1, -0.05) is 121 Å². The molecule has 3 unspecified atom stereocenters. The quantitative estimate of drug-likeness (QED) is 0.101. The maximum absolute atomic E-state index is 12.1. The molecular weight excluding hydrogens is 641 g/mol. The largest absolute Gasteiger partial charge is 0.481 e. The Kier molecular flexibility index (Phi) is 11.6. The number of carboxylic acid groups (broad SMARTS) is 1. The fourth-order valence-electron chi connectivity index (χ4n) is 5.61. The van der Waals surface area contributed by atoms with Gasteiger partial charge >= 0.3 is 5.97 Å². The summed E-state index contributed by atoms with van der Waals surface area (Å²) < 4.78 is 19.4. The molecule has 0 radical (unpaired) electrons. The molecule has 0 bridgehead atoms. The van der Waals surface area contributed by atoms with Crippen molar-refractivity contribution in [3.8, 4) is 22.6 Å². The SMILES string of the molecule is O=C(O)CCCC(=O)NCc1ccc(C2OC(CSc3nc(-c4ccccc4)c(-c4ccccc4)o3)CC(c3ccc(CO)cc3)O2)cc1. The van der Waals surface area contributed by atoms with Crippen molar-refractivity contribution in [3.05, 3.63) is 131 Å². The van der Waals surface area contributed by atoms with Crippen molar-refractivity contribution in [1.82, 2.24) is 10.3 Å². The van der Waals surface area contributed by atoms with Crippen LogP contribution in [0.3, 0.4) is 0 Å². The monoisotopic (exact) mass is 678 g/mol. The molecule has 3 N–H and O–H groups in total. The number of nitrogens with one attached hydrogen (secondary N) is 1. The van der Waals surface area contributed by atoms with Gasteiger partial charge in [0.2, 0.25) is 5.91 Å².